The molecule has 2 rings (SSSR count). The molecule has 2 saturated heterocycles. The number of hydrogen-bond donors (Lipinski definition) is 0. The minimum Gasteiger partial charge on any atom is -0.342 e. The minimum absolute atomic E-state index is 0.186. The highest BCUT2D eigenvalue weighted by Gasteiger charge is 2.31. The van der Waals surface area contributed by atoms with Crippen molar-refractivity contribution in [2.45, 2.75) is 59.8 Å². The van der Waals surface area contributed by atoms with E-state index in [0.717, 1.165) is 58.4 Å². The number of Topliss-reactive ketones (excluding diaryl/α,β-unsaturated/α-hetero) is 1. The highest BCUT2D eigenvalue weighted by atomic mass is 16.2. The fourth-order valence-corrected chi connectivity index (χ4v) is 3.26. The molecule has 0 spiro atoms. The summed E-state index contributed by atoms with van der Waals surface area (Å²) in [6.45, 7) is 12.8. The molecular formula is C18H34N2O2. The predicted octanol–water partition coefficient (Wildman–Crippen LogP) is 2.96. The summed E-state index contributed by atoms with van der Waals surface area (Å²) in [5.74, 6) is 1.02. The third-order valence-electron chi connectivity index (χ3n) is 4.77. The summed E-state index contributed by atoms with van der Waals surface area (Å²) in [5, 5.41) is 0. The maximum Gasteiger partial charge on any atom is 0.225 e. The fraction of sp³-hybridized carbons (Fsp3) is 0.889. The number of carbonyl (C=O) groups excluding carboxylic acids is 2. The van der Waals surface area contributed by atoms with Gasteiger partial charge in [-0.05, 0) is 52.2 Å². The molecule has 2 aliphatic rings. The lowest BCUT2D eigenvalue weighted by Gasteiger charge is -2.36. The van der Waals surface area contributed by atoms with Gasteiger partial charge in [-0.1, -0.05) is 27.2 Å². The molecule has 0 aromatic rings. The molecule has 0 aromatic heterocycles. The van der Waals surface area contributed by atoms with Crippen molar-refractivity contribution in [1.82, 2.24) is 9.80 Å². The van der Waals surface area contributed by atoms with E-state index in [4.69, 9.17) is 0 Å². The minimum atomic E-state index is 0.186. The van der Waals surface area contributed by atoms with Crippen molar-refractivity contribution < 1.29 is 9.59 Å². The second-order valence-corrected chi connectivity index (χ2v) is 6.63. The maximum atomic E-state index is 12.4. The SMILES string of the molecule is CCC.CCN1CCC(C(=O)N2CCC(C(C)=O)CC2)CC1. The normalized spacial score (nSPS) is 21.2. The van der Waals surface area contributed by atoms with Crippen LogP contribution in [0, 0.1) is 11.8 Å². The van der Waals surface area contributed by atoms with Crippen molar-refractivity contribution in [2.75, 3.05) is 32.7 Å². The van der Waals surface area contributed by atoms with Gasteiger partial charge in [-0.25, -0.2) is 0 Å². The van der Waals surface area contributed by atoms with Crippen LogP contribution in [-0.2, 0) is 9.59 Å². The Kier molecular flexibility index (Phi) is 8.69. The molecule has 2 heterocycles. The van der Waals surface area contributed by atoms with E-state index in [1.165, 1.54) is 6.42 Å². The number of nitrogens with zero attached hydrogens (tertiary/aromatic N) is 2. The topological polar surface area (TPSA) is 40.6 Å². The molecule has 4 nitrogen and oxygen atoms in total. The van der Waals surface area contributed by atoms with Crippen LogP contribution in [0.2, 0.25) is 0 Å². The molecule has 0 aromatic carbocycles. The number of piperidine rings is 2. The van der Waals surface area contributed by atoms with E-state index in [0.29, 0.717) is 5.91 Å². The van der Waals surface area contributed by atoms with Crippen molar-refractivity contribution in [3.63, 3.8) is 0 Å². The number of likely N-dealkylation sites (tertiary alicyclic amines) is 2. The second kappa shape index (κ2) is 9.98. The molecule has 128 valence electrons. The van der Waals surface area contributed by atoms with Crippen molar-refractivity contribution in [3.8, 4) is 0 Å². The number of ketones is 1. The molecule has 0 aliphatic carbocycles. The summed E-state index contributed by atoms with van der Waals surface area (Å²) in [7, 11) is 0. The molecule has 0 N–H and O–H groups in total. The Morgan fingerprint density at radius 3 is 1.73 bits per heavy atom. The molecule has 2 aliphatic heterocycles. The van der Waals surface area contributed by atoms with Gasteiger partial charge >= 0.3 is 0 Å². The van der Waals surface area contributed by atoms with Gasteiger partial charge in [0.1, 0.15) is 5.78 Å². The van der Waals surface area contributed by atoms with Gasteiger partial charge in [-0.2, -0.15) is 0 Å². The number of rotatable bonds is 3. The lowest BCUT2D eigenvalue weighted by Crippen LogP contribution is -2.46. The molecular weight excluding hydrogens is 276 g/mol. The van der Waals surface area contributed by atoms with Crippen molar-refractivity contribution in [2.24, 2.45) is 11.8 Å². The zero-order chi connectivity index (χ0) is 16.5. The number of amides is 1. The average molecular weight is 310 g/mol. The Bertz CT molecular complexity index is 341. The summed E-state index contributed by atoms with van der Waals surface area (Å²) >= 11 is 0. The highest BCUT2D eigenvalue weighted by Crippen LogP contribution is 2.24. The zero-order valence-electron chi connectivity index (χ0n) is 14.9. The molecule has 22 heavy (non-hydrogen) atoms. The standard InChI is InChI=1S/C15H26N2O2.C3H8/c1-3-16-8-4-14(5-9-16)15(19)17-10-6-13(7-11-17)12(2)18;1-3-2/h13-14H,3-11H2,1-2H3;3H2,1-2H3. The lowest BCUT2D eigenvalue weighted by atomic mass is 9.90. The van der Waals surface area contributed by atoms with E-state index in [2.05, 4.69) is 25.7 Å². The first kappa shape index (κ1) is 19.1. The van der Waals surface area contributed by atoms with Gasteiger partial charge in [0.05, 0.1) is 0 Å². The maximum absolute atomic E-state index is 12.4. The monoisotopic (exact) mass is 310 g/mol. The van der Waals surface area contributed by atoms with Crippen LogP contribution >= 0.6 is 0 Å². The summed E-state index contributed by atoms with van der Waals surface area (Å²) in [4.78, 5) is 28.2. The molecule has 0 unspecified atom stereocenters. The average Bonchev–Trinajstić information content (AvgIpc) is 2.55. The van der Waals surface area contributed by atoms with Crippen molar-refractivity contribution in [1.29, 1.82) is 0 Å². The Morgan fingerprint density at radius 2 is 1.32 bits per heavy atom. The van der Waals surface area contributed by atoms with Gasteiger partial charge in [0.15, 0.2) is 0 Å². The third-order valence-corrected chi connectivity index (χ3v) is 4.77. The van der Waals surface area contributed by atoms with Gasteiger partial charge in [-0.3, -0.25) is 9.59 Å². The van der Waals surface area contributed by atoms with Crippen molar-refractivity contribution >= 4 is 11.7 Å². The highest BCUT2D eigenvalue weighted by molar-refractivity contribution is 5.81. The Balaban J connectivity index is 0.000000745. The molecule has 0 bridgehead atoms. The molecule has 2 fully saturated rings. The zero-order valence-corrected chi connectivity index (χ0v) is 14.9. The lowest BCUT2D eigenvalue weighted by molar-refractivity contribution is -0.139. The van der Waals surface area contributed by atoms with Gasteiger partial charge in [0, 0.05) is 24.9 Å². The summed E-state index contributed by atoms with van der Waals surface area (Å²) < 4.78 is 0. The van der Waals surface area contributed by atoms with Crippen LogP contribution in [0.3, 0.4) is 0 Å². The molecule has 4 heteroatoms. The number of carbonyl (C=O) groups is 2. The van der Waals surface area contributed by atoms with E-state index >= 15 is 0 Å². The van der Waals surface area contributed by atoms with Crippen LogP contribution in [0.25, 0.3) is 0 Å². The van der Waals surface area contributed by atoms with E-state index in [9.17, 15) is 9.59 Å². The van der Waals surface area contributed by atoms with Crippen LogP contribution in [0.1, 0.15) is 59.8 Å². The van der Waals surface area contributed by atoms with Gasteiger partial charge in [-0.15, -0.1) is 0 Å². The van der Waals surface area contributed by atoms with Crippen LogP contribution < -0.4 is 0 Å². The Hall–Kier alpha value is -0.900. The van der Waals surface area contributed by atoms with Crippen LogP contribution in [0.5, 0.6) is 0 Å². The van der Waals surface area contributed by atoms with Crippen molar-refractivity contribution in [3.05, 3.63) is 0 Å². The third kappa shape index (κ3) is 5.71. The van der Waals surface area contributed by atoms with Crippen LogP contribution in [0.4, 0.5) is 0 Å². The van der Waals surface area contributed by atoms with Gasteiger partial charge in [0.2, 0.25) is 5.91 Å². The second-order valence-electron chi connectivity index (χ2n) is 6.63. The van der Waals surface area contributed by atoms with E-state index < -0.39 is 0 Å². The van der Waals surface area contributed by atoms with Gasteiger partial charge < -0.3 is 9.80 Å². The quantitative estimate of drug-likeness (QED) is 0.804. The predicted molar refractivity (Wildman–Crippen MR) is 90.8 cm³/mol. The van der Waals surface area contributed by atoms with Gasteiger partial charge in [0.25, 0.3) is 0 Å². The molecule has 0 atom stereocenters. The summed E-state index contributed by atoms with van der Waals surface area (Å²) in [6, 6.07) is 0. The summed E-state index contributed by atoms with van der Waals surface area (Å²) in [6.07, 6.45) is 4.96. The van der Waals surface area contributed by atoms with Crippen LogP contribution in [0.15, 0.2) is 0 Å². The van der Waals surface area contributed by atoms with Crippen LogP contribution in [-0.4, -0.2) is 54.2 Å². The van der Waals surface area contributed by atoms with E-state index in [1.54, 1.807) is 6.92 Å². The Morgan fingerprint density at radius 1 is 0.864 bits per heavy atom. The Labute approximate surface area is 136 Å². The molecule has 0 radical (unpaired) electrons. The first-order valence-electron chi connectivity index (χ1n) is 9.04. The largest absolute Gasteiger partial charge is 0.342 e. The number of hydrogen-bond acceptors (Lipinski definition) is 3. The summed E-state index contributed by atoms with van der Waals surface area (Å²) in [5.41, 5.74) is 0. The smallest absolute Gasteiger partial charge is 0.225 e. The molecule has 0 saturated carbocycles. The first-order chi connectivity index (χ1) is 10.5. The van der Waals surface area contributed by atoms with E-state index in [-0.39, 0.29) is 17.6 Å². The fourth-order valence-electron chi connectivity index (χ4n) is 3.26. The van der Waals surface area contributed by atoms with E-state index in [1.807, 2.05) is 4.90 Å². The first-order valence-corrected chi connectivity index (χ1v) is 9.04. The molecule has 1 amide bonds.